The number of rotatable bonds is 6. The molecule has 0 aliphatic carbocycles. The molecule has 190 valence electrons. The Morgan fingerprint density at radius 3 is 2.40 bits per heavy atom. The van der Waals surface area contributed by atoms with Gasteiger partial charge < -0.3 is 25.0 Å². The number of carbonyl (C=O) groups excluding carboxylic acids is 2. The third-order valence-electron chi connectivity index (χ3n) is 5.29. The first-order valence-electron chi connectivity index (χ1n) is 10.9. The lowest BCUT2D eigenvalue weighted by atomic mass is 9.92. The average molecular weight is 605 g/mol. The Bertz CT molecular complexity index is 1130. The van der Waals surface area contributed by atoms with Crippen LogP contribution in [0.25, 0.3) is 0 Å². The van der Waals surface area contributed by atoms with Gasteiger partial charge in [-0.3, -0.25) is 4.79 Å². The highest BCUT2D eigenvalue weighted by atomic mass is 127. The first-order valence-corrected chi connectivity index (χ1v) is 12.0. The smallest absolute Gasteiger partial charge is 0.410 e. The van der Waals surface area contributed by atoms with Crippen LogP contribution >= 0.6 is 22.6 Å². The number of hydrogen-bond acceptors (Lipinski definition) is 5. The first-order chi connectivity index (χ1) is 16.2. The molecule has 1 aliphatic rings. The number of hydrogen-bond donors (Lipinski definition) is 2. The van der Waals surface area contributed by atoms with Crippen LogP contribution < -0.4 is 5.32 Å². The molecule has 1 saturated heterocycles. The fourth-order valence-electron chi connectivity index (χ4n) is 3.64. The molecule has 2 aromatic carbocycles. The van der Waals surface area contributed by atoms with E-state index in [1.165, 1.54) is 21.9 Å². The lowest BCUT2D eigenvalue weighted by Gasteiger charge is -2.48. The molecule has 3 rings (SSSR count). The summed E-state index contributed by atoms with van der Waals surface area (Å²) in [5.41, 5.74) is -2.95. The zero-order chi connectivity index (χ0) is 26.1. The molecular weight excluding hydrogens is 578 g/mol. The molecule has 2 amide bonds. The molecular formula is C24H27F3IN3O4. The minimum absolute atomic E-state index is 0.0705. The summed E-state index contributed by atoms with van der Waals surface area (Å²) in [4.78, 5) is 28.0. The van der Waals surface area contributed by atoms with E-state index in [1.54, 1.807) is 33.8 Å². The predicted octanol–water partition coefficient (Wildman–Crippen LogP) is 4.90. The molecule has 0 aromatic heterocycles. The minimum Gasteiger partial charge on any atom is -0.444 e. The van der Waals surface area contributed by atoms with Gasteiger partial charge in [0.05, 0.1) is 36.6 Å². The van der Waals surface area contributed by atoms with Gasteiger partial charge in [-0.1, -0.05) is 0 Å². The van der Waals surface area contributed by atoms with Crippen molar-refractivity contribution in [3.05, 3.63) is 56.9 Å². The van der Waals surface area contributed by atoms with Gasteiger partial charge >= 0.3 is 6.09 Å². The molecule has 0 saturated carbocycles. The number of carbonyl (C=O) groups is 2. The number of nitrogens with zero attached hydrogens (tertiary/aromatic N) is 2. The van der Waals surface area contributed by atoms with Crippen molar-refractivity contribution in [3.63, 3.8) is 0 Å². The van der Waals surface area contributed by atoms with Crippen molar-refractivity contribution in [2.75, 3.05) is 31.5 Å². The van der Waals surface area contributed by atoms with Crippen molar-refractivity contribution in [3.8, 4) is 0 Å². The summed E-state index contributed by atoms with van der Waals surface area (Å²) in [6.45, 7) is 6.86. The molecule has 0 spiro atoms. The maximum absolute atomic E-state index is 14.7. The third kappa shape index (κ3) is 6.37. The summed E-state index contributed by atoms with van der Waals surface area (Å²) in [5.74, 6) is -3.90. The average Bonchev–Trinajstić information content (AvgIpc) is 2.73. The van der Waals surface area contributed by atoms with Gasteiger partial charge in [0.1, 0.15) is 17.0 Å². The Balaban J connectivity index is 1.76. The van der Waals surface area contributed by atoms with Crippen molar-refractivity contribution in [1.29, 1.82) is 0 Å². The van der Waals surface area contributed by atoms with Crippen molar-refractivity contribution in [2.24, 2.45) is 0 Å². The summed E-state index contributed by atoms with van der Waals surface area (Å²) < 4.78 is 48.9. The second-order valence-electron chi connectivity index (χ2n) is 9.41. The monoisotopic (exact) mass is 605 g/mol. The number of halogens is 4. The lowest BCUT2D eigenvalue weighted by Crippen LogP contribution is -2.68. The second kappa shape index (κ2) is 10.2. The Labute approximate surface area is 215 Å². The van der Waals surface area contributed by atoms with Crippen molar-refractivity contribution in [2.45, 2.75) is 38.9 Å². The van der Waals surface area contributed by atoms with Crippen molar-refractivity contribution >= 4 is 46.0 Å². The van der Waals surface area contributed by atoms with Crippen LogP contribution in [0.15, 0.2) is 30.3 Å². The number of benzene rings is 2. The number of amides is 2. The van der Waals surface area contributed by atoms with E-state index < -0.39 is 46.3 Å². The van der Waals surface area contributed by atoms with Crippen LogP contribution in [-0.2, 0) is 4.74 Å². The number of β-amino-alcohol motifs (C(OH)–C–C–N with tert-alkyl or cyclic N) is 1. The van der Waals surface area contributed by atoms with Gasteiger partial charge in [-0.15, -0.1) is 0 Å². The molecule has 11 heteroatoms. The van der Waals surface area contributed by atoms with E-state index in [0.717, 1.165) is 12.1 Å². The number of ether oxygens (including phenoxy) is 1. The number of nitrogens with one attached hydrogen (secondary N) is 1. The quantitative estimate of drug-likeness (QED) is 0.459. The van der Waals surface area contributed by atoms with E-state index in [4.69, 9.17) is 4.74 Å². The summed E-state index contributed by atoms with van der Waals surface area (Å²) in [7, 11) is 0. The molecule has 35 heavy (non-hydrogen) atoms. The fraction of sp³-hybridized carbons (Fsp3) is 0.417. The standard InChI is InChI=1S/C24H27F3IN3O4/c1-5-30(22(33)35-23(2,3)4)11-24(34)12-31(13-24)21(32)15-7-8-16(25)19(27)20(15)29-18-9-6-14(28)10-17(18)26/h6-10,29,34H,5,11-13H2,1-4H3. The topological polar surface area (TPSA) is 82.1 Å². The highest BCUT2D eigenvalue weighted by Gasteiger charge is 2.46. The van der Waals surface area contributed by atoms with Gasteiger partial charge in [0.2, 0.25) is 0 Å². The molecule has 1 aliphatic heterocycles. The zero-order valence-corrected chi connectivity index (χ0v) is 22.0. The normalized spacial score (nSPS) is 14.8. The predicted molar refractivity (Wildman–Crippen MR) is 133 cm³/mol. The van der Waals surface area contributed by atoms with E-state index in [0.29, 0.717) is 3.57 Å². The highest BCUT2D eigenvalue weighted by Crippen LogP contribution is 2.32. The van der Waals surface area contributed by atoms with Gasteiger partial charge in [0.15, 0.2) is 11.6 Å². The van der Waals surface area contributed by atoms with Gasteiger partial charge in [-0.25, -0.2) is 18.0 Å². The minimum atomic E-state index is -1.39. The lowest BCUT2D eigenvalue weighted by molar-refractivity contribution is -0.0973. The molecule has 7 nitrogen and oxygen atoms in total. The van der Waals surface area contributed by atoms with Crippen LogP contribution in [0, 0.1) is 21.0 Å². The SMILES string of the molecule is CCN(CC1(O)CN(C(=O)c2ccc(F)c(F)c2Nc2ccc(I)cc2F)C1)C(=O)OC(C)(C)C. The van der Waals surface area contributed by atoms with Crippen LogP contribution in [0.3, 0.4) is 0 Å². The third-order valence-corrected chi connectivity index (χ3v) is 5.96. The Hall–Kier alpha value is -2.54. The van der Waals surface area contributed by atoms with E-state index in [2.05, 4.69) is 5.32 Å². The van der Waals surface area contributed by atoms with Gasteiger partial charge in [0.25, 0.3) is 5.91 Å². The summed E-state index contributed by atoms with van der Waals surface area (Å²) in [5, 5.41) is 13.3. The number of anilines is 2. The summed E-state index contributed by atoms with van der Waals surface area (Å²) >= 11 is 1.91. The molecule has 2 N–H and O–H groups in total. The fourth-order valence-corrected chi connectivity index (χ4v) is 4.10. The van der Waals surface area contributed by atoms with Crippen LogP contribution in [0.2, 0.25) is 0 Å². The van der Waals surface area contributed by atoms with Gasteiger partial charge in [-0.2, -0.15) is 0 Å². The van der Waals surface area contributed by atoms with E-state index in [-0.39, 0.29) is 37.4 Å². The van der Waals surface area contributed by atoms with Gasteiger partial charge in [0, 0.05) is 10.1 Å². The Morgan fingerprint density at radius 1 is 1.17 bits per heavy atom. The molecule has 0 bridgehead atoms. The maximum Gasteiger partial charge on any atom is 0.410 e. The van der Waals surface area contributed by atoms with E-state index in [9.17, 15) is 27.9 Å². The molecule has 1 heterocycles. The first kappa shape index (κ1) is 27.1. The van der Waals surface area contributed by atoms with Crippen LogP contribution in [0.5, 0.6) is 0 Å². The Morgan fingerprint density at radius 2 is 1.83 bits per heavy atom. The largest absolute Gasteiger partial charge is 0.444 e. The molecule has 0 atom stereocenters. The summed E-state index contributed by atoms with van der Waals surface area (Å²) in [6, 6.07) is 6.05. The van der Waals surface area contributed by atoms with Crippen LogP contribution in [0.1, 0.15) is 38.1 Å². The zero-order valence-electron chi connectivity index (χ0n) is 19.8. The van der Waals surface area contributed by atoms with Crippen molar-refractivity contribution in [1.82, 2.24) is 9.80 Å². The van der Waals surface area contributed by atoms with Crippen LogP contribution in [0.4, 0.5) is 29.3 Å². The second-order valence-corrected chi connectivity index (χ2v) is 10.7. The highest BCUT2D eigenvalue weighted by molar-refractivity contribution is 14.1. The molecule has 1 fully saturated rings. The van der Waals surface area contributed by atoms with Gasteiger partial charge in [-0.05, 0) is 80.6 Å². The van der Waals surface area contributed by atoms with E-state index >= 15 is 0 Å². The molecule has 0 unspecified atom stereocenters. The number of likely N-dealkylation sites (tertiary alicyclic amines) is 1. The number of likely N-dealkylation sites (N-methyl/N-ethyl adjacent to an activating group) is 1. The molecule has 0 radical (unpaired) electrons. The maximum atomic E-state index is 14.7. The number of aliphatic hydroxyl groups is 1. The van der Waals surface area contributed by atoms with E-state index in [1.807, 2.05) is 22.6 Å². The summed E-state index contributed by atoms with van der Waals surface area (Å²) in [6.07, 6.45) is -0.593. The van der Waals surface area contributed by atoms with Crippen LogP contribution in [-0.4, -0.2) is 64.3 Å². The van der Waals surface area contributed by atoms with Crippen molar-refractivity contribution < 1.29 is 32.6 Å². The Kier molecular flexibility index (Phi) is 7.89. The molecule has 2 aromatic rings.